The van der Waals surface area contributed by atoms with Crippen molar-refractivity contribution in [2.75, 3.05) is 13.1 Å². The summed E-state index contributed by atoms with van der Waals surface area (Å²) in [6.45, 7) is 4.74. The van der Waals surface area contributed by atoms with Gasteiger partial charge in [0, 0.05) is 26.1 Å². The number of amides is 2. The maximum Gasteiger partial charge on any atom is 0.311 e. The highest BCUT2D eigenvalue weighted by atomic mass is 16.4. The van der Waals surface area contributed by atoms with E-state index in [2.05, 4.69) is 0 Å². The Labute approximate surface area is 147 Å². The van der Waals surface area contributed by atoms with Crippen molar-refractivity contribution in [1.29, 1.82) is 0 Å². The molecule has 3 rings (SSSR count). The average molecular weight is 344 g/mol. The molecule has 6 heteroatoms. The second kappa shape index (κ2) is 6.50. The van der Waals surface area contributed by atoms with Gasteiger partial charge in [0.1, 0.15) is 6.04 Å². The molecule has 2 atom stereocenters. The molecule has 2 saturated heterocycles. The van der Waals surface area contributed by atoms with Gasteiger partial charge in [-0.1, -0.05) is 29.8 Å². The molecule has 134 valence electrons. The Morgan fingerprint density at radius 1 is 1.28 bits per heavy atom. The predicted molar refractivity (Wildman–Crippen MR) is 91.7 cm³/mol. The molecule has 1 aromatic carbocycles. The highest BCUT2D eigenvalue weighted by Gasteiger charge is 2.46. The number of nitrogens with zero attached hydrogens (tertiary/aromatic N) is 2. The van der Waals surface area contributed by atoms with Crippen molar-refractivity contribution >= 4 is 17.8 Å². The van der Waals surface area contributed by atoms with E-state index >= 15 is 0 Å². The van der Waals surface area contributed by atoms with Crippen LogP contribution in [0.4, 0.5) is 0 Å². The Balaban J connectivity index is 1.72. The predicted octanol–water partition coefficient (Wildman–Crippen LogP) is 1.81. The fraction of sp³-hybridized carbons (Fsp3) is 0.526. The van der Waals surface area contributed by atoms with Crippen LogP contribution in [-0.4, -0.2) is 51.8 Å². The minimum atomic E-state index is -0.889. The minimum Gasteiger partial charge on any atom is -0.481 e. The smallest absolute Gasteiger partial charge is 0.311 e. The van der Waals surface area contributed by atoms with E-state index in [1.807, 2.05) is 31.2 Å². The first-order valence-electron chi connectivity index (χ1n) is 8.67. The molecular weight excluding hydrogens is 320 g/mol. The zero-order chi connectivity index (χ0) is 18.2. The molecule has 1 aromatic rings. The fourth-order valence-corrected chi connectivity index (χ4v) is 3.61. The monoisotopic (exact) mass is 344 g/mol. The summed E-state index contributed by atoms with van der Waals surface area (Å²) in [5.41, 5.74) is 1.25. The number of hydrogen-bond acceptors (Lipinski definition) is 3. The topological polar surface area (TPSA) is 77.9 Å². The fourth-order valence-electron chi connectivity index (χ4n) is 3.61. The van der Waals surface area contributed by atoms with Crippen molar-refractivity contribution in [3.63, 3.8) is 0 Å². The normalized spacial score (nSPS) is 26.3. The summed E-state index contributed by atoms with van der Waals surface area (Å²) >= 11 is 0. The number of rotatable bonds is 4. The van der Waals surface area contributed by atoms with E-state index in [4.69, 9.17) is 0 Å². The molecule has 0 aromatic heterocycles. The summed E-state index contributed by atoms with van der Waals surface area (Å²) in [5, 5.41) is 9.35. The summed E-state index contributed by atoms with van der Waals surface area (Å²) in [4.78, 5) is 39.8. The molecule has 0 saturated carbocycles. The third kappa shape index (κ3) is 3.38. The van der Waals surface area contributed by atoms with Crippen LogP contribution in [0.2, 0.25) is 0 Å². The molecule has 25 heavy (non-hydrogen) atoms. The van der Waals surface area contributed by atoms with Crippen LogP contribution in [0, 0.1) is 12.3 Å². The maximum absolute atomic E-state index is 12.9. The van der Waals surface area contributed by atoms with Crippen LogP contribution in [0.25, 0.3) is 0 Å². The first-order chi connectivity index (χ1) is 11.8. The molecule has 0 radical (unpaired) electrons. The van der Waals surface area contributed by atoms with Crippen LogP contribution in [0.3, 0.4) is 0 Å². The van der Waals surface area contributed by atoms with Crippen molar-refractivity contribution in [2.24, 2.45) is 5.41 Å². The first-order valence-corrected chi connectivity index (χ1v) is 8.67. The van der Waals surface area contributed by atoms with Crippen molar-refractivity contribution in [1.82, 2.24) is 9.80 Å². The van der Waals surface area contributed by atoms with Crippen molar-refractivity contribution in [3.05, 3.63) is 35.4 Å². The molecule has 6 nitrogen and oxygen atoms in total. The highest BCUT2D eigenvalue weighted by Crippen LogP contribution is 2.32. The van der Waals surface area contributed by atoms with Gasteiger partial charge in [0.2, 0.25) is 11.8 Å². The van der Waals surface area contributed by atoms with Crippen LogP contribution in [0.5, 0.6) is 0 Å². The van der Waals surface area contributed by atoms with Gasteiger partial charge < -0.3 is 14.9 Å². The molecule has 2 aliphatic rings. The number of aliphatic carboxylic acids is 1. The van der Waals surface area contributed by atoms with Gasteiger partial charge in [-0.15, -0.1) is 0 Å². The van der Waals surface area contributed by atoms with E-state index in [1.165, 1.54) is 0 Å². The molecule has 2 heterocycles. The van der Waals surface area contributed by atoms with Crippen molar-refractivity contribution < 1.29 is 19.5 Å². The molecule has 0 bridgehead atoms. The summed E-state index contributed by atoms with van der Waals surface area (Å²) < 4.78 is 0. The third-order valence-electron chi connectivity index (χ3n) is 5.39. The molecular formula is C19H24N2O4. The molecule has 2 aliphatic heterocycles. The third-order valence-corrected chi connectivity index (χ3v) is 5.39. The number of carboxylic acids is 1. The number of hydrogen-bond donors (Lipinski definition) is 1. The summed E-state index contributed by atoms with van der Waals surface area (Å²) in [7, 11) is 0. The number of aryl methyl sites for hydroxylation is 1. The van der Waals surface area contributed by atoms with Gasteiger partial charge in [-0.2, -0.15) is 0 Å². The molecule has 0 spiro atoms. The van der Waals surface area contributed by atoms with Crippen molar-refractivity contribution in [2.45, 2.75) is 45.7 Å². The van der Waals surface area contributed by atoms with Gasteiger partial charge in [-0.3, -0.25) is 14.4 Å². The van der Waals surface area contributed by atoms with Gasteiger partial charge in [0.25, 0.3) is 0 Å². The van der Waals surface area contributed by atoms with E-state index < -0.39 is 17.4 Å². The Bertz CT molecular complexity index is 700. The first kappa shape index (κ1) is 17.5. The number of carboxylic acid groups (broad SMARTS) is 1. The maximum atomic E-state index is 12.9. The van der Waals surface area contributed by atoms with Crippen molar-refractivity contribution in [3.8, 4) is 0 Å². The van der Waals surface area contributed by atoms with Crippen LogP contribution in [0.1, 0.15) is 37.3 Å². The van der Waals surface area contributed by atoms with Gasteiger partial charge >= 0.3 is 5.97 Å². The second-order valence-corrected chi connectivity index (χ2v) is 7.44. The summed E-state index contributed by atoms with van der Waals surface area (Å²) in [6, 6.07) is 7.45. The lowest BCUT2D eigenvalue weighted by molar-refractivity contribution is -0.148. The highest BCUT2D eigenvalue weighted by molar-refractivity contribution is 5.91. The Kier molecular flexibility index (Phi) is 4.54. The molecule has 0 aliphatic carbocycles. The van der Waals surface area contributed by atoms with E-state index in [1.54, 1.807) is 16.7 Å². The van der Waals surface area contributed by atoms with Gasteiger partial charge in [0.15, 0.2) is 0 Å². The van der Waals surface area contributed by atoms with Crippen LogP contribution < -0.4 is 0 Å². The number of carbonyl (C=O) groups excluding carboxylic acids is 2. The van der Waals surface area contributed by atoms with Gasteiger partial charge in [-0.05, 0) is 32.3 Å². The number of benzene rings is 1. The molecule has 2 amide bonds. The van der Waals surface area contributed by atoms with E-state index in [9.17, 15) is 19.5 Å². The van der Waals surface area contributed by atoms with Gasteiger partial charge in [-0.25, -0.2) is 0 Å². The van der Waals surface area contributed by atoms with E-state index in [0.29, 0.717) is 32.4 Å². The summed E-state index contributed by atoms with van der Waals surface area (Å²) in [5.74, 6) is -1.01. The van der Waals surface area contributed by atoms with Gasteiger partial charge in [0.05, 0.1) is 5.41 Å². The molecule has 1 N–H and O–H groups in total. The molecule has 2 fully saturated rings. The van der Waals surface area contributed by atoms with Crippen LogP contribution in [0.15, 0.2) is 24.3 Å². The van der Waals surface area contributed by atoms with Crippen LogP contribution in [-0.2, 0) is 20.9 Å². The Morgan fingerprint density at radius 3 is 2.56 bits per heavy atom. The lowest BCUT2D eigenvalue weighted by Gasteiger charge is -2.29. The number of likely N-dealkylation sites (tertiary alicyclic amines) is 2. The molecule has 0 unspecified atom stereocenters. The average Bonchev–Trinajstić information content (AvgIpc) is 3.14. The SMILES string of the molecule is Cc1ccc(CN2C(=O)CC[C@H]2C(=O)N2CC[C@](C)(C(=O)O)C2)cc1. The standard InChI is InChI=1S/C19H24N2O4/c1-13-3-5-14(6-4-13)11-21-15(7-8-16(21)22)17(23)20-10-9-19(2,12-20)18(24)25/h3-6,15H,7-12H2,1-2H3,(H,24,25)/t15-,19-/m0/s1. The van der Waals surface area contributed by atoms with E-state index in [-0.39, 0.29) is 18.4 Å². The quantitative estimate of drug-likeness (QED) is 0.904. The lowest BCUT2D eigenvalue weighted by Crippen LogP contribution is -2.46. The van der Waals surface area contributed by atoms with E-state index in [0.717, 1.165) is 11.1 Å². The number of carbonyl (C=O) groups is 3. The zero-order valence-electron chi connectivity index (χ0n) is 14.7. The minimum absolute atomic E-state index is 0.0147. The Hall–Kier alpha value is -2.37. The Morgan fingerprint density at radius 2 is 1.96 bits per heavy atom. The second-order valence-electron chi connectivity index (χ2n) is 7.44. The zero-order valence-corrected chi connectivity index (χ0v) is 14.7. The van der Waals surface area contributed by atoms with Crippen LogP contribution >= 0.6 is 0 Å². The summed E-state index contributed by atoms with van der Waals surface area (Å²) in [6.07, 6.45) is 1.32. The largest absolute Gasteiger partial charge is 0.481 e. The lowest BCUT2D eigenvalue weighted by atomic mass is 9.90.